The lowest BCUT2D eigenvalue weighted by Gasteiger charge is -2.34. The van der Waals surface area contributed by atoms with Crippen LogP contribution in [-0.2, 0) is 4.74 Å². The van der Waals surface area contributed by atoms with Crippen molar-refractivity contribution in [2.24, 2.45) is 0 Å². The summed E-state index contributed by atoms with van der Waals surface area (Å²) in [7, 11) is 0. The van der Waals surface area contributed by atoms with Gasteiger partial charge < -0.3 is 15.0 Å². The summed E-state index contributed by atoms with van der Waals surface area (Å²) in [5.74, 6) is -0.238. The number of rotatable bonds is 9. The Kier molecular flexibility index (Phi) is 8.78. The van der Waals surface area contributed by atoms with E-state index in [0.29, 0.717) is 12.4 Å². The number of ether oxygens (including phenoxy) is 1. The van der Waals surface area contributed by atoms with E-state index in [4.69, 9.17) is 4.74 Å². The van der Waals surface area contributed by atoms with Crippen molar-refractivity contribution in [2.45, 2.75) is 31.9 Å². The van der Waals surface area contributed by atoms with Crippen LogP contribution >= 0.6 is 0 Å². The second kappa shape index (κ2) is 12.4. The minimum Gasteiger partial charge on any atom is -0.441 e. The van der Waals surface area contributed by atoms with Gasteiger partial charge in [0.15, 0.2) is 5.82 Å². The minimum atomic E-state index is -0.506. The molecule has 2 aromatic carbocycles. The SMILES string of the molecule is C[C@H](NC(=O)O[C@@H](CCCN1CCN(c2ncc(F)cn2)CC1)c1ccc(F)cc1)c1ccccc1. The number of alkyl carbamates (subject to hydrolysis) is 1. The van der Waals surface area contributed by atoms with Gasteiger partial charge in [0.25, 0.3) is 0 Å². The predicted octanol–water partition coefficient (Wildman–Crippen LogP) is 4.89. The summed E-state index contributed by atoms with van der Waals surface area (Å²) in [6.45, 7) is 5.91. The Balaban J connectivity index is 1.29. The molecule has 1 saturated heterocycles. The lowest BCUT2D eigenvalue weighted by atomic mass is 10.0. The molecule has 36 heavy (non-hydrogen) atoms. The molecule has 3 aromatic rings. The molecule has 0 spiro atoms. The maximum Gasteiger partial charge on any atom is 0.408 e. The fourth-order valence-electron chi connectivity index (χ4n) is 4.28. The van der Waals surface area contributed by atoms with Gasteiger partial charge in [-0.25, -0.2) is 23.5 Å². The van der Waals surface area contributed by atoms with E-state index in [0.717, 1.165) is 50.3 Å². The van der Waals surface area contributed by atoms with Crippen molar-refractivity contribution in [1.29, 1.82) is 0 Å². The van der Waals surface area contributed by atoms with Gasteiger partial charge in [-0.1, -0.05) is 42.5 Å². The average Bonchev–Trinajstić information content (AvgIpc) is 2.90. The minimum absolute atomic E-state index is 0.200. The third-order valence-electron chi connectivity index (χ3n) is 6.33. The summed E-state index contributed by atoms with van der Waals surface area (Å²) in [5, 5.41) is 2.88. The molecule has 1 amide bonds. The van der Waals surface area contributed by atoms with Gasteiger partial charge in [0.1, 0.15) is 11.9 Å². The topological polar surface area (TPSA) is 70.6 Å². The Morgan fingerprint density at radius 2 is 1.61 bits per heavy atom. The summed E-state index contributed by atoms with van der Waals surface area (Å²) < 4.78 is 32.4. The van der Waals surface area contributed by atoms with Gasteiger partial charge in [-0.05, 0) is 49.6 Å². The smallest absolute Gasteiger partial charge is 0.408 e. The number of nitrogens with zero attached hydrogens (tertiary/aromatic N) is 4. The first-order chi connectivity index (χ1) is 17.5. The van der Waals surface area contributed by atoms with Gasteiger partial charge in [-0.2, -0.15) is 0 Å². The normalized spacial score (nSPS) is 15.8. The highest BCUT2D eigenvalue weighted by atomic mass is 19.1. The van der Waals surface area contributed by atoms with Crippen molar-refractivity contribution < 1.29 is 18.3 Å². The maximum absolute atomic E-state index is 13.5. The number of amides is 1. The molecule has 9 heteroatoms. The zero-order chi connectivity index (χ0) is 25.3. The zero-order valence-corrected chi connectivity index (χ0v) is 20.3. The van der Waals surface area contributed by atoms with E-state index in [1.807, 2.05) is 42.2 Å². The number of benzene rings is 2. The molecule has 7 nitrogen and oxygen atoms in total. The van der Waals surface area contributed by atoms with E-state index in [2.05, 4.69) is 20.2 Å². The van der Waals surface area contributed by atoms with Crippen LogP contribution in [0.5, 0.6) is 0 Å². The molecule has 2 heterocycles. The van der Waals surface area contributed by atoms with Gasteiger partial charge in [-0.15, -0.1) is 0 Å². The highest BCUT2D eigenvalue weighted by Gasteiger charge is 2.22. The highest BCUT2D eigenvalue weighted by molar-refractivity contribution is 5.68. The first-order valence-electron chi connectivity index (χ1n) is 12.2. The van der Waals surface area contributed by atoms with Crippen LogP contribution in [0, 0.1) is 11.6 Å². The van der Waals surface area contributed by atoms with Crippen molar-refractivity contribution in [3.8, 4) is 0 Å². The van der Waals surface area contributed by atoms with Crippen molar-refractivity contribution in [3.05, 3.63) is 89.8 Å². The molecule has 1 aromatic heterocycles. The largest absolute Gasteiger partial charge is 0.441 e. The van der Waals surface area contributed by atoms with E-state index in [1.165, 1.54) is 24.5 Å². The van der Waals surface area contributed by atoms with Gasteiger partial charge >= 0.3 is 6.09 Å². The predicted molar refractivity (Wildman–Crippen MR) is 133 cm³/mol. The zero-order valence-electron chi connectivity index (χ0n) is 20.3. The van der Waals surface area contributed by atoms with E-state index >= 15 is 0 Å². The molecule has 2 atom stereocenters. The van der Waals surface area contributed by atoms with E-state index < -0.39 is 18.0 Å². The Morgan fingerprint density at radius 3 is 2.28 bits per heavy atom. The van der Waals surface area contributed by atoms with Crippen molar-refractivity contribution in [2.75, 3.05) is 37.6 Å². The molecular weight excluding hydrogens is 464 g/mol. The summed E-state index contributed by atoms with van der Waals surface area (Å²) in [5.41, 5.74) is 1.75. The third-order valence-corrected chi connectivity index (χ3v) is 6.33. The number of carbonyl (C=O) groups excluding carboxylic acids is 1. The number of hydrogen-bond donors (Lipinski definition) is 1. The molecule has 1 aliphatic rings. The number of halogens is 2. The molecule has 0 bridgehead atoms. The fraction of sp³-hybridized carbons (Fsp3) is 0.370. The maximum atomic E-state index is 13.5. The second-order valence-electron chi connectivity index (χ2n) is 8.89. The van der Waals surface area contributed by atoms with Gasteiger partial charge in [0, 0.05) is 26.2 Å². The fourth-order valence-corrected chi connectivity index (χ4v) is 4.28. The number of piperazine rings is 1. The molecule has 0 aliphatic carbocycles. The Labute approximate surface area is 210 Å². The van der Waals surface area contributed by atoms with Crippen LogP contribution in [0.15, 0.2) is 67.0 Å². The van der Waals surface area contributed by atoms with Crippen LogP contribution in [0.25, 0.3) is 0 Å². The number of nitrogens with one attached hydrogen (secondary N) is 1. The molecule has 4 rings (SSSR count). The van der Waals surface area contributed by atoms with Gasteiger partial charge in [-0.3, -0.25) is 4.90 Å². The Bertz CT molecular complexity index is 1090. The van der Waals surface area contributed by atoms with E-state index in [-0.39, 0.29) is 11.9 Å². The van der Waals surface area contributed by atoms with Crippen molar-refractivity contribution in [1.82, 2.24) is 20.2 Å². The highest BCUT2D eigenvalue weighted by Crippen LogP contribution is 2.25. The van der Waals surface area contributed by atoms with Crippen molar-refractivity contribution in [3.63, 3.8) is 0 Å². The lowest BCUT2D eigenvalue weighted by Crippen LogP contribution is -2.47. The Morgan fingerprint density at radius 1 is 0.944 bits per heavy atom. The summed E-state index contributed by atoms with van der Waals surface area (Å²) in [4.78, 5) is 25.2. The summed E-state index contributed by atoms with van der Waals surface area (Å²) in [6.07, 6.45) is 2.79. The Hall–Kier alpha value is -3.59. The van der Waals surface area contributed by atoms with Crippen LogP contribution in [-0.4, -0.2) is 53.7 Å². The van der Waals surface area contributed by atoms with Gasteiger partial charge in [0.2, 0.25) is 5.95 Å². The first kappa shape index (κ1) is 25.5. The standard InChI is InChI=1S/C27H31F2N5O2/c1-20(21-6-3-2-4-7-21)32-27(35)36-25(22-9-11-23(28)12-10-22)8-5-13-33-14-16-34(17-15-33)26-30-18-24(29)19-31-26/h2-4,6-7,9-12,18-20,25H,5,8,13-17H2,1H3,(H,32,35)/t20-,25-/m0/s1. The monoisotopic (exact) mass is 495 g/mol. The second-order valence-corrected chi connectivity index (χ2v) is 8.89. The number of aromatic nitrogens is 2. The summed E-state index contributed by atoms with van der Waals surface area (Å²) >= 11 is 0. The molecule has 0 radical (unpaired) electrons. The van der Waals surface area contributed by atoms with Crippen molar-refractivity contribution >= 4 is 12.0 Å². The molecule has 190 valence electrons. The number of hydrogen-bond acceptors (Lipinski definition) is 6. The molecule has 1 fully saturated rings. The van der Waals surface area contributed by atoms with E-state index in [9.17, 15) is 13.6 Å². The lowest BCUT2D eigenvalue weighted by molar-refractivity contribution is 0.0861. The molecule has 1 N–H and O–H groups in total. The average molecular weight is 496 g/mol. The van der Waals surface area contributed by atoms with Gasteiger partial charge in [0.05, 0.1) is 18.4 Å². The molecule has 1 aliphatic heterocycles. The van der Waals surface area contributed by atoms with Crippen LogP contribution in [0.3, 0.4) is 0 Å². The molecular formula is C27H31F2N5O2. The van der Waals surface area contributed by atoms with Crippen LogP contribution < -0.4 is 10.2 Å². The quantitative estimate of drug-likeness (QED) is 0.456. The molecule has 0 unspecified atom stereocenters. The third kappa shape index (κ3) is 7.21. The van der Waals surface area contributed by atoms with Crippen LogP contribution in [0.4, 0.5) is 19.5 Å². The van der Waals surface area contributed by atoms with Crippen LogP contribution in [0.1, 0.15) is 43.0 Å². The number of anilines is 1. The first-order valence-corrected chi connectivity index (χ1v) is 12.2. The summed E-state index contributed by atoms with van der Waals surface area (Å²) in [6, 6.07) is 15.6. The van der Waals surface area contributed by atoms with E-state index in [1.54, 1.807) is 12.1 Å². The van der Waals surface area contributed by atoms with Crippen LogP contribution in [0.2, 0.25) is 0 Å². The molecule has 0 saturated carbocycles. The number of carbonyl (C=O) groups is 1.